The molecule has 2 amide bonds. The van der Waals surface area contributed by atoms with Gasteiger partial charge in [0.25, 0.3) is 0 Å². The van der Waals surface area contributed by atoms with Crippen LogP contribution in [0, 0.1) is 5.92 Å². The van der Waals surface area contributed by atoms with Crippen LogP contribution in [-0.2, 0) is 33.3 Å². The first-order valence-corrected chi connectivity index (χ1v) is 15.4. The number of carbonyl (C=O) groups excluding carboxylic acids is 3. The molecule has 9 atom stereocenters. The van der Waals surface area contributed by atoms with Gasteiger partial charge in [-0.25, -0.2) is 0 Å². The van der Waals surface area contributed by atoms with Crippen molar-refractivity contribution < 1.29 is 43.5 Å². The Morgan fingerprint density at radius 2 is 1.79 bits per heavy atom. The number of hydrogen-bond acceptors (Lipinski definition) is 9. The van der Waals surface area contributed by atoms with Gasteiger partial charge in [0.15, 0.2) is 0 Å². The highest BCUT2D eigenvalue weighted by Gasteiger charge is 2.58. The maximum atomic E-state index is 12.5. The quantitative estimate of drug-likeness (QED) is 0.120. The number of nitrogens with one attached hydrogen (secondary N) is 2. The molecular formula is C32H48N2O9. The number of epoxide rings is 1. The normalized spacial score (nSPS) is 38.5. The molecule has 4 fully saturated rings. The van der Waals surface area contributed by atoms with E-state index in [9.17, 15) is 24.6 Å². The third kappa shape index (κ3) is 9.46. The molecule has 3 saturated heterocycles. The smallest absolute Gasteiger partial charge is 0.303 e. The molecule has 4 rings (SSSR count). The molecule has 11 heteroatoms. The summed E-state index contributed by atoms with van der Waals surface area (Å²) in [5, 5.41) is 26.3. The Kier molecular flexibility index (Phi) is 11.2. The molecule has 3 heterocycles. The second-order valence-electron chi connectivity index (χ2n) is 12.7. The molecule has 43 heavy (non-hydrogen) atoms. The number of allylic oxidation sites excluding steroid dienone is 2. The number of esters is 1. The molecule has 1 aliphatic carbocycles. The van der Waals surface area contributed by atoms with E-state index in [0.29, 0.717) is 32.3 Å². The van der Waals surface area contributed by atoms with Crippen LogP contribution in [0.1, 0.15) is 73.1 Å². The van der Waals surface area contributed by atoms with Crippen LogP contribution >= 0.6 is 0 Å². The Morgan fingerprint density at radius 1 is 1.07 bits per heavy atom. The van der Waals surface area contributed by atoms with E-state index in [-0.39, 0.29) is 60.7 Å². The van der Waals surface area contributed by atoms with Crippen LogP contribution in [0.25, 0.3) is 0 Å². The third-order valence-electron chi connectivity index (χ3n) is 8.82. The lowest BCUT2D eigenvalue weighted by Gasteiger charge is -2.39. The molecule has 3 aliphatic heterocycles. The lowest BCUT2D eigenvalue weighted by molar-refractivity contribution is -0.146. The van der Waals surface area contributed by atoms with Crippen LogP contribution in [0.15, 0.2) is 36.0 Å². The Balaban J connectivity index is 1.24. The molecule has 0 radical (unpaired) electrons. The number of carbonyl (C=O) groups is 3. The third-order valence-corrected chi connectivity index (χ3v) is 8.82. The van der Waals surface area contributed by atoms with Gasteiger partial charge in [0.2, 0.25) is 11.8 Å². The fourth-order valence-corrected chi connectivity index (χ4v) is 6.09. The lowest BCUT2D eigenvalue weighted by Crippen LogP contribution is -2.52. The van der Waals surface area contributed by atoms with Gasteiger partial charge in [-0.1, -0.05) is 30.7 Å². The van der Waals surface area contributed by atoms with Crippen LogP contribution in [0.2, 0.25) is 0 Å². The van der Waals surface area contributed by atoms with Crippen molar-refractivity contribution in [3.8, 4) is 0 Å². The van der Waals surface area contributed by atoms with E-state index in [0.717, 1.165) is 12.0 Å². The fraction of sp³-hybridized carbons (Fsp3) is 0.719. The highest BCUT2D eigenvalue weighted by Crippen LogP contribution is 2.43. The second kappa shape index (κ2) is 14.5. The zero-order valence-electron chi connectivity index (χ0n) is 25.9. The number of amides is 2. The Hall–Kier alpha value is -2.57. The zero-order chi connectivity index (χ0) is 31.3. The van der Waals surface area contributed by atoms with Crippen molar-refractivity contribution in [2.75, 3.05) is 6.61 Å². The number of ether oxygens (including phenoxy) is 4. The summed E-state index contributed by atoms with van der Waals surface area (Å²) >= 11 is 0. The minimum atomic E-state index is -0.813. The van der Waals surface area contributed by atoms with Crippen molar-refractivity contribution in [3.05, 3.63) is 36.0 Å². The average Bonchev–Trinajstić information content (AvgIpc) is 3.68. The van der Waals surface area contributed by atoms with Crippen molar-refractivity contribution >= 4 is 17.8 Å². The van der Waals surface area contributed by atoms with E-state index in [4.69, 9.17) is 18.9 Å². The van der Waals surface area contributed by atoms with E-state index in [1.54, 1.807) is 13.0 Å². The van der Waals surface area contributed by atoms with Crippen molar-refractivity contribution in [2.24, 2.45) is 5.92 Å². The molecule has 1 saturated carbocycles. The van der Waals surface area contributed by atoms with Gasteiger partial charge in [0.1, 0.15) is 23.9 Å². The number of aliphatic hydroxyl groups is 2. The molecule has 0 unspecified atom stereocenters. The SMILES string of the molecule is CC(=O)O[C@@H](C)C=CC(=O)N[C@@H]1C[C@H](C)[C@H](CC=C(C)C=C[C@H]2O[C@H](CC(=O)N[C@H]3C[C@@H](O)C3)C[C@@]3(CO3)[C@@H]2O)O[C@@H]1C. The number of rotatable bonds is 11. The summed E-state index contributed by atoms with van der Waals surface area (Å²) in [5.74, 6) is -0.554. The van der Waals surface area contributed by atoms with E-state index in [2.05, 4.69) is 23.6 Å². The largest absolute Gasteiger partial charge is 0.459 e. The van der Waals surface area contributed by atoms with Gasteiger partial charge in [-0.3, -0.25) is 14.4 Å². The molecule has 0 bridgehead atoms. The summed E-state index contributed by atoms with van der Waals surface area (Å²) in [7, 11) is 0. The van der Waals surface area contributed by atoms with Gasteiger partial charge < -0.3 is 39.8 Å². The fourth-order valence-electron chi connectivity index (χ4n) is 6.09. The predicted octanol–water partition coefficient (Wildman–Crippen LogP) is 2.00. The van der Waals surface area contributed by atoms with Crippen LogP contribution in [0.3, 0.4) is 0 Å². The van der Waals surface area contributed by atoms with Gasteiger partial charge in [-0.2, -0.15) is 0 Å². The van der Waals surface area contributed by atoms with Crippen LogP contribution < -0.4 is 10.6 Å². The molecular weight excluding hydrogens is 556 g/mol. The first kappa shape index (κ1) is 33.3. The van der Waals surface area contributed by atoms with Gasteiger partial charge in [0, 0.05) is 25.5 Å². The maximum Gasteiger partial charge on any atom is 0.303 e. The molecule has 11 nitrogen and oxygen atoms in total. The highest BCUT2D eigenvalue weighted by atomic mass is 16.6. The average molecular weight is 605 g/mol. The standard InChI is InChI=1S/C32H48N2O9/c1-18(6-9-27-19(2)12-26(21(4)42-27)34-29(37)11-8-20(3)41-22(5)35)7-10-28-31(39)32(17-40-32)16-25(43-28)15-30(38)33-23-13-24(36)14-23/h6-8,10-11,19-21,23-28,31,36,39H,9,12-17H2,1-5H3,(H,33,38)(H,34,37)/t19-,20-,21+,23-,24+,25+,26+,27-,28+,31+,32+/m0/s1. The number of aliphatic hydroxyl groups excluding tert-OH is 2. The minimum absolute atomic E-state index is 0.00893. The first-order chi connectivity index (χ1) is 20.3. The van der Waals surface area contributed by atoms with Crippen LogP contribution in [0.4, 0.5) is 0 Å². The summed E-state index contributed by atoms with van der Waals surface area (Å²) < 4.78 is 23.0. The summed E-state index contributed by atoms with van der Waals surface area (Å²) in [4.78, 5) is 35.9. The zero-order valence-corrected chi connectivity index (χ0v) is 25.9. The molecule has 240 valence electrons. The maximum absolute atomic E-state index is 12.5. The molecule has 4 N–H and O–H groups in total. The van der Waals surface area contributed by atoms with Crippen molar-refractivity contribution in [2.45, 2.75) is 134 Å². The minimum Gasteiger partial charge on any atom is -0.459 e. The summed E-state index contributed by atoms with van der Waals surface area (Å²) in [6.45, 7) is 9.51. The molecule has 1 spiro atoms. The van der Waals surface area contributed by atoms with Crippen molar-refractivity contribution in [1.29, 1.82) is 0 Å². The van der Waals surface area contributed by atoms with Gasteiger partial charge in [-0.15, -0.1) is 0 Å². The lowest BCUT2D eigenvalue weighted by atomic mass is 9.86. The molecule has 0 aromatic rings. The van der Waals surface area contributed by atoms with Gasteiger partial charge >= 0.3 is 5.97 Å². The topological polar surface area (TPSA) is 156 Å². The van der Waals surface area contributed by atoms with Crippen LogP contribution in [0.5, 0.6) is 0 Å². The second-order valence-corrected chi connectivity index (χ2v) is 12.7. The molecule has 0 aromatic carbocycles. The monoisotopic (exact) mass is 604 g/mol. The molecule has 0 aromatic heterocycles. The van der Waals surface area contributed by atoms with E-state index in [1.807, 2.05) is 26.0 Å². The van der Waals surface area contributed by atoms with E-state index >= 15 is 0 Å². The van der Waals surface area contributed by atoms with Crippen molar-refractivity contribution in [1.82, 2.24) is 10.6 Å². The number of hydrogen-bond donors (Lipinski definition) is 4. The van der Waals surface area contributed by atoms with Crippen LogP contribution in [-0.4, -0.2) is 95.0 Å². The Labute approximate surface area is 254 Å². The Morgan fingerprint density at radius 3 is 2.44 bits per heavy atom. The summed E-state index contributed by atoms with van der Waals surface area (Å²) in [6, 6.07) is -0.115. The van der Waals surface area contributed by atoms with E-state index < -0.39 is 29.9 Å². The first-order valence-electron chi connectivity index (χ1n) is 15.4. The predicted molar refractivity (Wildman–Crippen MR) is 158 cm³/mol. The molecule has 4 aliphatic rings. The van der Waals surface area contributed by atoms with Gasteiger partial charge in [0.05, 0.1) is 43.5 Å². The summed E-state index contributed by atoms with van der Waals surface area (Å²) in [5.41, 5.74) is 0.336. The van der Waals surface area contributed by atoms with Gasteiger partial charge in [-0.05, 0) is 58.4 Å². The van der Waals surface area contributed by atoms with Crippen molar-refractivity contribution in [3.63, 3.8) is 0 Å². The Bertz CT molecular complexity index is 1090. The summed E-state index contributed by atoms with van der Waals surface area (Å²) in [6.07, 6.45) is 9.31. The van der Waals surface area contributed by atoms with E-state index in [1.165, 1.54) is 13.0 Å². The highest BCUT2D eigenvalue weighted by molar-refractivity contribution is 5.87.